The first-order chi connectivity index (χ1) is 9.27. The third-order valence-electron chi connectivity index (χ3n) is 4.20. The molecule has 2 fully saturated rings. The molecule has 2 aliphatic heterocycles. The predicted molar refractivity (Wildman–Crippen MR) is 76.4 cm³/mol. The molecule has 2 aliphatic rings. The van der Waals surface area contributed by atoms with Crippen LogP contribution >= 0.6 is 0 Å². The molecule has 0 bridgehead atoms. The average Bonchev–Trinajstić information content (AvgIpc) is 2.86. The van der Waals surface area contributed by atoms with E-state index in [2.05, 4.69) is 5.32 Å². The molecule has 2 saturated heterocycles. The van der Waals surface area contributed by atoms with Gasteiger partial charge < -0.3 is 10.2 Å². The molecule has 7 nitrogen and oxygen atoms in total. The molecule has 2 heterocycles. The first-order valence-corrected chi connectivity index (χ1v) is 8.35. The van der Waals surface area contributed by atoms with Crippen molar-refractivity contribution in [2.24, 2.45) is 5.41 Å². The maximum Gasteiger partial charge on any atom is 0.281 e. The fourth-order valence-electron chi connectivity index (χ4n) is 2.73. The van der Waals surface area contributed by atoms with Crippen molar-refractivity contribution in [2.45, 2.75) is 13.3 Å². The quantitative estimate of drug-likeness (QED) is 0.721. The topological polar surface area (TPSA) is 73.0 Å². The summed E-state index contributed by atoms with van der Waals surface area (Å²) in [6.45, 7) is 5.26. The smallest absolute Gasteiger partial charge is 0.281 e. The Morgan fingerprint density at radius 1 is 1.20 bits per heavy atom. The van der Waals surface area contributed by atoms with Crippen LogP contribution in [0, 0.1) is 5.41 Å². The van der Waals surface area contributed by atoms with Crippen molar-refractivity contribution in [3.63, 3.8) is 0 Å². The third kappa shape index (κ3) is 2.83. The van der Waals surface area contributed by atoms with Gasteiger partial charge in [-0.25, -0.2) is 0 Å². The van der Waals surface area contributed by atoms with E-state index >= 15 is 0 Å². The number of carbonyl (C=O) groups is 1. The van der Waals surface area contributed by atoms with Gasteiger partial charge in [0.15, 0.2) is 0 Å². The normalized spacial score (nSPS) is 29.1. The van der Waals surface area contributed by atoms with Gasteiger partial charge >= 0.3 is 0 Å². The lowest BCUT2D eigenvalue weighted by Gasteiger charge is -2.38. The van der Waals surface area contributed by atoms with E-state index in [-0.39, 0.29) is 11.3 Å². The van der Waals surface area contributed by atoms with Crippen LogP contribution in [0.2, 0.25) is 0 Å². The van der Waals surface area contributed by atoms with E-state index in [1.54, 1.807) is 4.90 Å². The molecule has 1 N–H and O–H groups in total. The molecule has 0 aromatic carbocycles. The van der Waals surface area contributed by atoms with Crippen molar-refractivity contribution in [3.8, 4) is 0 Å². The number of nitrogens with one attached hydrogen (secondary N) is 1. The summed E-state index contributed by atoms with van der Waals surface area (Å²) in [4.78, 5) is 14.3. The lowest BCUT2D eigenvalue weighted by molar-refractivity contribution is -0.141. The zero-order valence-corrected chi connectivity index (χ0v) is 13.2. The van der Waals surface area contributed by atoms with Gasteiger partial charge in [-0.05, 0) is 19.9 Å². The van der Waals surface area contributed by atoms with Gasteiger partial charge in [0, 0.05) is 46.8 Å². The Labute approximate surface area is 121 Å². The fourth-order valence-corrected chi connectivity index (χ4v) is 3.82. The van der Waals surface area contributed by atoms with E-state index in [1.807, 2.05) is 6.92 Å². The second-order valence-corrected chi connectivity index (χ2v) is 8.11. The van der Waals surface area contributed by atoms with E-state index in [9.17, 15) is 13.2 Å². The first-order valence-electron chi connectivity index (χ1n) is 6.95. The maximum absolute atomic E-state index is 12.5. The average molecular weight is 304 g/mol. The zero-order chi connectivity index (χ0) is 15.0. The van der Waals surface area contributed by atoms with Gasteiger partial charge in [-0.2, -0.15) is 17.0 Å². The van der Waals surface area contributed by atoms with Gasteiger partial charge in [0.2, 0.25) is 5.91 Å². The van der Waals surface area contributed by atoms with Crippen molar-refractivity contribution in [2.75, 3.05) is 53.4 Å². The number of rotatable bonds is 3. The highest BCUT2D eigenvalue weighted by Crippen LogP contribution is 2.27. The summed E-state index contributed by atoms with van der Waals surface area (Å²) >= 11 is 0. The van der Waals surface area contributed by atoms with Crippen molar-refractivity contribution < 1.29 is 13.2 Å². The minimum atomic E-state index is -3.37. The molecule has 2 rings (SSSR count). The van der Waals surface area contributed by atoms with Crippen molar-refractivity contribution in [1.29, 1.82) is 0 Å². The summed E-state index contributed by atoms with van der Waals surface area (Å²) in [5.74, 6) is 0.143. The largest absolute Gasteiger partial charge is 0.340 e. The Bertz CT molecular complexity index is 463. The zero-order valence-electron chi connectivity index (χ0n) is 12.4. The molecular weight excluding hydrogens is 280 g/mol. The SMILES string of the molecule is CN(C)S(=O)(=O)N1CCN(C(=O)C2(C)CCNC2)CC1. The highest BCUT2D eigenvalue weighted by atomic mass is 32.2. The molecule has 0 radical (unpaired) electrons. The molecule has 1 amide bonds. The van der Waals surface area contributed by atoms with E-state index in [1.165, 1.54) is 22.7 Å². The van der Waals surface area contributed by atoms with Crippen LogP contribution in [0.3, 0.4) is 0 Å². The van der Waals surface area contributed by atoms with Crippen LogP contribution in [0.15, 0.2) is 0 Å². The monoisotopic (exact) mass is 304 g/mol. The van der Waals surface area contributed by atoms with Gasteiger partial charge in [-0.1, -0.05) is 0 Å². The minimum Gasteiger partial charge on any atom is -0.340 e. The van der Waals surface area contributed by atoms with Crippen molar-refractivity contribution >= 4 is 16.1 Å². The summed E-state index contributed by atoms with van der Waals surface area (Å²) in [7, 11) is -0.315. The molecule has 0 aromatic heterocycles. The standard InChI is InChI=1S/C12H24N4O3S/c1-12(4-5-13-10-12)11(17)15-6-8-16(9-7-15)20(18,19)14(2)3/h13H,4-10H2,1-3H3. The Hall–Kier alpha value is -0.700. The molecule has 1 atom stereocenters. The Morgan fingerprint density at radius 3 is 2.25 bits per heavy atom. The second kappa shape index (κ2) is 5.59. The third-order valence-corrected chi connectivity index (χ3v) is 6.14. The van der Waals surface area contributed by atoms with Crippen LogP contribution in [0.5, 0.6) is 0 Å². The number of hydrogen-bond acceptors (Lipinski definition) is 4. The van der Waals surface area contributed by atoms with Gasteiger partial charge in [-0.3, -0.25) is 4.79 Å². The van der Waals surface area contributed by atoms with Gasteiger partial charge in [0.1, 0.15) is 0 Å². The maximum atomic E-state index is 12.5. The highest BCUT2D eigenvalue weighted by molar-refractivity contribution is 7.86. The van der Waals surface area contributed by atoms with Gasteiger partial charge in [-0.15, -0.1) is 0 Å². The molecule has 20 heavy (non-hydrogen) atoms. The number of nitrogens with zero attached hydrogens (tertiary/aromatic N) is 3. The van der Waals surface area contributed by atoms with Crippen molar-refractivity contribution in [1.82, 2.24) is 18.8 Å². The molecular formula is C12H24N4O3S. The number of amides is 1. The molecule has 0 aliphatic carbocycles. The van der Waals surface area contributed by atoms with Crippen molar-refractivity contribution in [3.05, 3.63) is 0 Å². The van der Waals surface area contributed by atoms with Gasteiger partial charge in [0.25, 0.3) is 10.2 Å². The van der Waals surface area contributed by atoms with Crippen LogP contribution in [0.25, 0.3) is 0 Å². The number of piperazine rings is 1. The van der Waals surface area contributed by atoms with E-state index in [4.69, 9.17) is 0 Å². The summed E-state index contributed by atoms with van der Waals surface area (Å²) in [6.07, 6.45) is 0.849. The summed E-state index contributed by atoms with van der Waals surface area (Å²) < 4.78 is 26.7. The van der Waals surface area contributed by atoms with Crippen LogP contribution in [-0.2, 0) is 15.0 Å². The van der Waals surface area contributed by atoms with Crippen LogP contribution < -0.4 is 5.32 Å². The Kier molecular flexibility index (Phi) is 4.38. The van der Waals surface area contributed by atoms with Gasteiger partial charge in [0.05, 0.1) is 5.41 Å². The second-order valence-electron chi connectivity index (χ2n) is 5.97. The molecule has 1 unspecified atom stereocenters. The lowest BCUT2D eigenvalue weighted by Crippen LogP contribution is -2.55. The van der Waals surface area contributed by atoms with Crippen LogP contribution in [0.1, 0.15) is 13.3 Å². The number of hydrogen-bond donors (Lipinski definition) is 1. The first kappa shape index (κ1) is 15.7. The predicted octanol–water partition coefficient (Wildman–Crippen LogP) is -1.06. The highest BCUT2D eigenvalue weighted by Gasteiger charge is 2.41. The lowest BCUT2D eigenvalue weighted by atomic mass is 9.88. The molecule has 116 valence electrons. The summed E-state index contributed by atoms with van der Waals surface area (Å²) in [6, 6.07) is 0. The minimum absolute atomic E-state index is 0.143. The fraction of sp³-hybridized carbons (Fsp3) is 0.917. The Balaban J connectivity index is 1.96. The molecule has 8 heteroatoms. The molecule has 0 aromatic rings. The van der Waals surface area contributed by atoms with E-state index in [0.29, 0.717) is 32.7 Å². The van der Waals surface area contributed by atoms with Crippen LogP contribution in [0.4, 0.5) is 0 Å². The Morgan fingerprint density at radius 2 is 1.80 bits per heavy atom. The summed E-state index contributed by atoms with van der Waals surface area (Å²) in [5, 5.41) is 3.22. The number of carbonyl (C=O) groups excluding carboxylic acids is 1. The molecule has 0 saturated carbocycles. The van der Waals surface area contributed by atoms with E-state index < -0.39 is 10.2 Å². The van der Waals surface area contributed by atoms with Crippen LogP contribution in [-0.4, -0.2) is 81.2 Å². The molecule has 0 spiro atoms. The van der Waals surface area contributed by atoms with E-state index in [0.717, 1.165) is 13.0 Å². The summed E-state index contributed by atoms with van der Waals surface area (Å²) in [5.41, 5.74) is -0.331.